The summed E-state index contributed by atoms with van der Waals surface area (Å²) in [6, 6.07) is 5.89. The van der Waals surface area contributed by atoms with Crippen molar-refractivity contribution in [2.45, 2.75) is 25.3 Å². The first-order valence-electron chi connectivity index (χ1n) is 7.76. The van der Waals surface area contributed by atoms with Crippen LogP contribution in [0.15, 0.2) is 34.9 Å². The van der Waals surface area contributed by atoms with E-state index in [1.165, 1.54) is 34.8 Å². The van der Waals surface area contributed by atoms with E-state index in [2.05, 4.69) is 4.98 Å². The molecule has 1 saturated heterocycles. The van der Waals surface area contributed by atoms with E-state index in [1.807, 2.05) is 6.07 Å². The van der Waals surface area contributed by atoms with Gasteiger partial charge in [-0.2, -0.15) is 17.0 Å². The lowest BCUT2D eigenvalue weighted by molar-refractivity contribution is 0.306. The summed E-state index contributed by atoms with van der Waals surface area (Å²) < 4.78 is 46.4. The zero-order valence-electron chi connectivity index (χ0n) is 13.6. The molecule has 1 aliphatic rings. The van der Waals surface area contributed by atoms with Gasteiger partial charge in [0.15, 0.2) is 0 Å². The predicted octanol–water partition coefficient (Wildman–Crippen LogP) is 2.35. The molecule has 1 aliphatic heterocycles. The Labute approximate surface area is 141 Å². The molecule has 130 valence electrons. The van der Waals surface area contributed by atoms with Gasteiger partial charge in [-0.05, 0) is 30.5 Å². The zero-order chi connectivity index (χ0) is 17.3. The van der Waals surface area contributed by atoms with Crippen LogP contribution in [-0.2, 0) is 16.6 Å². The Morgan fingerprint density at radius 1 is 1.42 bits per heavy atom. The minimum atomic E-state index is -3.51. The summed E-state index contributed by atoms with van der Waals surface area (Å²) in [6.07, 6.45) is 3.43. The van der Waals surface area contributed by atoms with Crippen LogP contribution in [0.4, 0.5) is 4.39 Å². The van der Waals surface area contributed by atoms with Gasteiger partial charge in [0.1, 0.15) is 17.6 Å². The lowest BCUT2D eigenvalue weighted by Crippen LogP contribution is -2.39. The van der Waals surface area contributed by atoms with Gasteiger partial charge < -0.3 is 4.42 Å². The third-order valence-corrected chi connectivity index (χ3v) is 6.04. The highest BCUT2D eigenvalue weighted by Gasteiger charge is 2.39. The van der Waals surface area contributed by atoms with Crippen molar-refractivity contribution in [3.8, 4) is 0 Å². The fourth-order valence-corrected chi connectivity index (χ4v) is 4.18. The van der Waals surface area contributed by atoms with E-state index in [0.29, 0.717) is 31.0 Å². The molecule has 24 heavy (non-hydrogen) atoms. The zero-order valence-corrected chi connectivity index (χ0v) is 14.5. The minimum Gasteiger partial charge on any atom is -0.444 e. The lowest BCUT2D eigenvalue weighted by atomic mass is 10.1. The third kappa shape index (κ3) is 3.35. The smallest absolute Gasteiger partial charge is 0.282 e. The predicted molar refractivity (Wildman–Crippen MR) is 87.0 cm³/mol. The molecule has 1 aromatic heterocycles. The highest BCUT2D eigenvalue weighted by atomic mass is 32.2. The molecule has 6 nitrogen and oxygen atoms in total. The second-order valence-corrected chi connectivity index (χ2v) is 8.13. The van der Waals surface area contributed by atoms with Crippen LogP contribution in [0.2, 0.25) is 0 Å². The van der Waals surface area contributed by atoms with Crippen molar-refractivity contribution in [3.05, 3.63) is 53.5 Å². The highest BCUT2D eigenvalue weighted by molar-refractivity contribution is 7.86. The second-order valence-electron chi connectivity index (χ2n) is 6.03. The summed E-state index contributed by atoms with van der Waals surface area (Å²) in [5.74, 6) is 0.681. The molecule has 1 fully saturated rings. The van der Waals surface area contributed by atoms with Crippen LogP contribution in [0, 0.1) is 5.82 Å². The molecule has 2 heterocycles. The Hall–Kier alpha value is -1.77. The molecule has 1 atom stereocenters. The van der Waals surface area contributed by atoms with Crippen molar-refractivity contribution < 1.29 is 17.2 Å². The maximum Gasteiger partial charge on any atom is 0.282 e. The van der Waals surface area contributed by atoms with Crippen LogP contribution in [0.3, 0.4) is 0 Å². The quantitative estimate of drug-likeness (QED) is 0.828. The molecule has 0 spiro atoms. The summed E-state index contributed by atoms with van der Waals surface area (Å²) in [7, 11) is -0.493. The first-order chi connectivity index (χ1) is 11.4. The van der Waals surface area contributed by atoms with Gasteiger partial charge in [0, 0.05) is 27.1 Å². The number of aromatic nitrogens is 1. The molecule has 3 rings (SSSR count). The lowest BCUT2D eigenvalue weighted by Gasteiger charge is -2.25. The van der Waals surface area contributed by atoms with Gasteiger partial charge in [0.25, 0.3) is 10.2 Å². The molecule has 2 aromatic rings. The summed E-state index contributed by atoms with van der Waals surface area (Å²) in [6.45, 7) is 0.451. The van der Waals surface area contributed by atoms with E-state index in [9.17, 15) is 12.8 Å². The Kier molecular flexibility index (Phi) is 4.71. The van der Waals surface area contributed by atoms with E-state index < -0.39 is 16.3 Å². The molecular formula is C16H20FN3O3S. The molecule has 0 radical (unpaired) electrons. The van der Waals surface area contributed by atoms with E-state index in [1.54, 1.807) is 12.3 Å². The van der Waals surface area contributed by atoms with Gasteiger partial charge in [-0.25, -0.2) is 9.37 Å². The summed E-state index contributed by atoms with van der Waals surface area (Å²) in [5.41, 5.74) is 0.780. The van der Waals surface area contributed by atoms with Gasteiger partial charge in [0.05, 0.1) is 6.20 Å². The number of benzene rings is 1. The van der Waals surface area contributed by atoms with Gasteiger partial charge in [-0.3, -0.25) is 0 Å². The number of hydrogen-bond donors (Lipinski definition) is 0. The van der Waals surface area contributed by atoms with Crippen molar-refractivity contribution >= 4 is 10.2 Å². The summed E-state index contributed by atoms with van der Waals surface area (Å²) in [5, 5.41) is 0. The summed E-state index contributed by atoms with van der Waals surface area (Å²) >= 11 is 0. The maximum atomic E-state index is 13.3. The topological polar surface area (TPSA) is 66.7 Å². The Morgan fingerprint density at radius 3 is 2.92 bits per heavy atom. The van der Waals surface area contributed by atoms with Gasteiger partial charge >= 0.3 is 0 Å². The molecule has 8 heteroatoms. The fraction of sp³-hybridized carbons (Fsp3) is 0.438. The monoisotopic (exact) mass is 353 g/mol. The molecule has 0 bridgehead atoms. The first-order valence-corrected chi connectivity index (χ1v) is 9.16. The molecule has 1 unspecified atom stereocenters. The number of hydrogen-bond acceptors (Lipinski definition) is 4. The van der Waals surface area contributed by atoms with Crippen LogP contribution in [0.5, 0.6) is 0 Å². The molecule has 0 N–H and O–H groups in total. The molecule has 1 aromatic carbocycles. The molecule has 0 amide bonds. The van der Waals surface area contributed by atoms with Crippen molar-refractivity contribution in [1.29, 1.82) is 0 Å². The van der Waals surface area contributed by atoms with Gasteiger partial charge in [-0.15, -0.1) is 0 Å². The van der Waals surface area contributed by atoms with Crippen molar-refractivity contribution in [1.82, 2.24) is 13.6 Å². The van der Waals surface area contributed by atoms with Gasteiger partial charge in [0.2, 0.25) is 5.89 Å². The van der Waals surface area contributed by atoms with Crippen LogP contribution < -0.4 is 0 Å². The minimum absolute atomic E-state index is 0.300. The molecular weight excluding hydrogens is 333 g/mol. The van der Waals surface area contributed by atoms with Crippen LogP contribution in [-0.4, -0.2) is 42.7 Å². The standard InChI is InChI=1S/C16H20FN3O3S/c1-19(2)24(21,22)20-8-4-7-15(20)16-18-11-14(23-16)10-12-5-3-6-13(17)9-12/h3,5-6,9,11,15H,4,7-8,10H2,1-2H3. The maximum absolute atomic E-state index is 13.3. The van der Waals surface area contributed by atoms with Crippen molar-refractivity contribution in [3.63, 3.8) is 0 Å². The number of halogens is 1. The average molecular weight is 353 g/mol. The Bertz CT molecular complexity index is 819. The van der Waals surface area contributed by atoms with Crippen LogP contribution in [0.1, 0.15) is 36.1 Å². The molecule has 0 aliphatic carbocycles. The number of nitrogens with zero attached hydrogens (tertiary/aromatic N) is 3. The number of oxazole rings is 1. The largest absolute Gasteiger partial charge is 0.444 e. The van der Waals surface area contributed by atoms with E-state index >= 15 is 0 Å². The molecule has 0 saturated carbocycles. The Morgan fingerprint density at radius 2 is 2.21 bits per heavy atom. The van der Waals surface area contributed by atoms with E-state index in [-0.39, 0.29) is 5.82 Å². The van der Waals surface area contributed by atoms with E-state index in [4.69, 9.17) is 4.42 Å². The second kappa shape index (κ2) is 6.62. The SMILES string of the molecule is CN(C)S(=O)(=O)N1CCCC1c1ncc(Cc2cccc(F)c2)o1. The first kappa shape index (κ1) is 17.1. The normalized spacial score (nSPS) is 19.2. The van der Waals surface area contributed by atoms with Crippen molar-refractivity contribution in [2.75, 3.05) is 20.6 Å². The van der Waals surface area contributed by atoms with Gasteiger partial charge in [-0.1, -0.05) is 12.1 Å². The summed E-state index contributed by atoms with van der Waals surface area (Å²) in [4.78, 5) is 4.25. The fourth-order valence-electron chi connectivity index (χ4n) is 2.88. The van der Waals surface area contributed by atoms with Crippen molar-refractivity contribution in [2.24, 2.45) is 0 Å². The third-order valence-electron chi connectivity index (χ3n) is 4.09. The Balaban J connectivity index is 1.80. The number of rotatable bonds is 5. The van der Waals surface area contributed by atoms with Crippen LogP contribution >= 0.6 is 0 Å². The highest BCUT2D eigenvalue weighted by Crippen LogP contribution is 2.34. The van der Waals surface area contributed by atoms with Crippen LogP contribution in [0.25, 0.3) is 0 Å². The average Bonchev–Trinajstić information content (AvgIpc) is 3.15. The van der Waals surface area contributed by atoms with E-state index in [0.717, 1.165) is 12.0 Å².